The molecular weight excluding hydrogens is 400 g/mol. The fourth-order valence-corrected chi connectivity index (χ4v) is 2.61. The summed E-state index contributed by atoms with van der Waals surface area (Å²) in [5.74, 6) is -0.136. The van der Waals surface area contributed by atoms with E-state index in [1.165, 1.54) is 12.1 Å². The van der Waals surface area contributed by atoms with Crippen molar-refractivity contribution in [3.05, 3.63) is 55.7 Å². The standard InChI is InChI=1S/C13H9Br2ClFNO/c14-8-4-9(16)10(17)5-12(8)19-6-7-2-1-3-11(18)13(7)15/h1-5H,6,18H2. The summed E-state index contributed by atoms with van der Waals surface area (Å²) in [6, 6.07) is 8.19. The molecule has 2 aromatic carbocycles. The monoisotopic (exact) mass is 407 g/mol. The van der Waals surface area contributed by atoms with E-state index >= 15 is 0 Å². The van der Waals surface area contributed by atoms with Crippen LogP contribution in [0.25, 0.3) is 0 Å². The van der Waals surface area contributed by atoms with Crippen molar-refractivity contribution in [3.8, 4) is 5.75 Å². The Morgan fingerprint density at radius 3 is 2.74 bits per heavy atom. The zero-order valence-electron chi connectivity index (χ0n) is 9.59. The quantitative estimate of drug-likeness (QED) is 0.561. The molecule has 2 aromatic rings. The molecule has 0 amide bonds. The van der Waals surface area contributed by atoms with Gasteiger partial charge in [-0.3, -0.25) is 0 Å². The summed E-state index contributed by atoms with van der Waals surface area (Å²) < 4.78 is 20.3. The molecule has 0 aromatic heterocycles. The van der Waals surface area contributed by atoms with Gasteiger partial charge in [-0.05, 0) is 44.0 Å². The Morgan fingerprint density at radius 1 is 1.26 bits per heavy atom. The average Bonchev–Trinajstić information content (AvgIpc) is 2.37. The van der Waals surface area contributed by atoms with Crippen molar-refractivity contribution < 1.29 is 9.13 Å². The molecule has 0 bridgehead atoms. The van der Waals surface area contributed by atoms with Gasteiger partial charge in [-0.25, -0.2) is 4.39 Å². The topological polar surface area (TPSA) is 35.2 Å². The van der Waals surface area contributed by atoms with Crippen LogP contribution in [-0.2, 0) is 6.61 Å². The van der Waals surface area contributed by atoms with Crippen LogP contribution in [0.15, 0.2) is 39.3 Å². The molecule has 0 fully saturated rings. The van der Waals surface area contributed by atoms with Crippen LogP contribution in [-0.4, -0.2) is 0 Å². The lowest BCUT2D eigenvalue weighted by molar-refractivity contribution is 0.302. The van der Waals surface area contributed by atoms with Crippen molar-refractivity contribution in [2.75, 3.05) is 5.73 Å². The third-order valence-corrected chi connectivity index (χ3v) is 4.34. The van der Waals surface area contributed by atoms with Gasteiger partial charge in [0.1, 0.15) is 18.2 Å². The number of hydrogen-bond donors (Lipinski definition) is 1. The van der Waals surface area contributed by atoms with E-state index < -0.39 is 5.82 Å². The maximum atomic E-state index is 13.4. The third-order valence-electron chi connectivity index (χ3n) is 2.47. The van der Waals surface area contributed by atoms with Gasteiger partial charge in [0.25, 0.3) is 0 Å². The number of nitrogens with two attached hydrogens (primary N) is 1. The molecule has 0 spiro atoms. The summed E-state index contributed by atoms with van der Waals surface area (Å²) in [6.07, 6.45) is 0. The molecule has 0 aliphatic rings. The van der Waals surface area contributed by atoms with Crippen molar-refractivity contribution in [2.24, 2.45) is 0 Å². The molecule has 0 atom stereocenters. The van der Waals surface area contributed by atoms with Crippen molar-refractivity contribution in [1.82, 2.24) is 0 Å². The molecule has 2 nitrogen and oxygen atoms in total. The highest BCUT2D eigenvalue weighted by Gasteiger charge is 2.09. The minimum absolute atomic E-state index is 0.0457. The minimum atomic E-state index is -0.522. The molecule has 2 N–H and O–H groups in total. The third kappa shape index (κ3) is 3.41. The van der Waals surface area contributed by atoms with E-state index in [2.05, 4.69) is 31.9 Å². The van der Waals surface area contributed by atoms with Crippen LogP contribution < -0.4 is 10.5 Å². The van der Waals surface area contributed by atoms with Crippen molar-refractivity contribution in [2.45, 2.75) is 6.61 Å². The van der Waals surface area contributed by atoms with Crippen LogP contribution >= 0.6 is 43.5 Å². The Hall–Kier alpha value is -0.780. The summed E-state index contributed by atoms with van der Waals surface area (Å²) in [5, 5.41) is 0.0457. The van der Waals surface area contributed by atoms with E-state index in [4.69, 9.17) is 22.1 Å². The Kier molecular flexibility index (Phi) is 4.71. The summed E-state index contributed by atoms with van der Waals surface area (Å²) >= 11 is 12.3. The fraction of sp³-hybridized carbons (Fsp3) is 0.0769. The van der Waals surface area contributed by atoms with E-state index in [0.29, 0.717) is 15.9 Å². The van der Waals surface area contributed by atoms with E-state index in [9.17, 15) is 4.39 Å². The highest BCUT2D eigenvalue weighted by atomic mass is 79.9. The maximum Gasteiger partial charge on any atom is 0.145 e. The molecule has 6 heteroatoms. The Labute approximate surface area is 132 Å². The molecule has 0 saturated carbocycles. The Balaban J connectivity index is 2.19. The number of nitrogen functional groups attached to an aromatic ring is 1. The van der Waals surface area contributed by atoms with Crippen LogP contribution in [0.4, 0.5) is 10.1 Å². The number of anilines is 1. The van der Waals surface area contributed by atoms with Gasteiger partial charge in [0, 0.05) is 21.8 Å². The van der Waals surface area contributed by atoms with Gasteiger partial charge < -0.3 is 10.5 Å². The van der Waals surface area contributed by atoms with Crippen LogP contribution in [0.5, 0.6) is 5.75 Å². The van der Waals surface area contributed by atoms with Crippen molar-refractivity contribution >= 4 is 49.1 Å². The Morgan fingerprint density at radius 2 is 2.00 bits per heavy atom. The molecule has 19 heavy (non-hydrogen) atoms. The normalized spacial score (nSPS) is 10.5. The molecule has 0 aliphatic carbocycles. The first kappa shape index (κ1) is 14.6. The van der Waals surface area contributed by atoms with Gasteiger partial charge >= 0.3 is 0 Å². The number of ether oxygens (including phenoxy) is 1. The van der Waals surface area contributed by atoms with Crippen molar-refractivity contribution in [3.63, 3.8) is 0 Å². The zero-order chi connectivity index (χ0) is 14.0. The van der Waals surface area contributed by atoms with E-state index in [1.807, 2.05) is 12.1 Å². The first-order chi connectivity index (χ1) is 8.99. The van der Waals surface area contributed by atoms with Gasteiger partial charge in [-0.1, -0.05) is 23.7 Å². The molecular formula is C13H9Br2ClFNO. The predicted octanol–water partition coefficient (Wildman–Crippen LogP) is 5.17. The highest BCUT2D eigenvalue weighted by molar-refractivity contribution is 9.11. The second kappa shape index (κ2) is 6.11. The van der Waals surface area contributed by atoms with Crippen LogP contribution in [0, 0.1) is 5.82 Å². The van der Waals surface area contributed by atoms with E-state index in [0.717, 1.165) is 10.0 Å². The van der Waals surface area contributed by atoms with Crippen LogP contribution in [0.3, 0.4) is 0 Å². The highest BCUT2D eigenvalue weighted by Crippen LogP contribution is 2.32. The molecule has 0 saturated heterocycles. The summed E-state index contributed by atoms with van der Waals surface area (Å²) in [4.78, 5) is 0. The Bertz CT molecular complexity index is 622. The zero-order valence-corrected chi connectivity index (χ0v) is 13.5. The molecule has 100 valence electrons. The number of hydrogen-bond acceptors (Lipinski definition) is 2. The van der Waals surface area contributed by atoms with Gasteiger partial charge in [0.2, 0.25) is 0 Å². The molecule has 0 unspecified atom stereocenters. The lowest BCUT2D eigenvalue weighted by atomic mass is 10.2. The summed E-state index contributed by atoms with van der Waals surface area (Å²) in [6.45, 7) is 0.269. The smallest absolute Gasteiger partial charge is 0.145 e. The first-order valence-electron chi connectivity index (χ1n) is 5.29. The number of rotatable bonds is 3. The summed E-state index contributed by atoms with van der Waals surface area (Å²) in [7, 11) is 0. The second-order valence-electron chi connectivity index (χ2n) is 3.81. The molecule has 0 radical (unpaired) electrons. The van der Waals surface area contributed by atoms with Gasteiger partial charge in [-0.2, -0.15) is 0 Å². The first-order valence-corrected chi connectivity index (χ1v) is 7.25. The largest absolute Gasteiger partial charge is 0.488 e. The summed E-state index contributed by atoms with van der Waals surface area (Å²) in [5.41, 5.74) is 7.28. The lowest BCUT2D eigenvalue weighted by Gasteiger charge is -2.11. The molecule has 0 aliphatic heterocycles. The van der Waals surface area contributed by atoms with Crippen LogP contribution in [0.1, 0.15) is 5.56 Å². The van der Waals surface area contributed by atoms with Gasteiger partial charge in [0.15, 0.2) is 0 Å². The minimum Gasteiger partial charge on any atom is -0.488 e. The molecule has 0 heterocycles. The van der Waals surface area contributed by atoms with Gasteiger partial charge in [0.05, 0.1) is 9.50 Å². The van der Waals surface area contributed by atoms with E-state index in [-0.39, 0.29) is 11.6 Å². The number of benzene rings is 2. The average molecular weight is 409 g/mol. The SMILES string of the molecule is Nc1cccc(COc2cc(F)c(Cl)cc2Br)c1Br. The second-order valence-corrected chi connectivity index (χ2v) is 5.86. The lowest BCUT2D eigenvalue weighted by Crippen LogP contribution is -1.99. The fourth-order valence-electron chi connectivity index (χ4n) is 1.48. The number of halogens is 4. The van der Waals surface area contributed by atoms with Gasteiger partial charge in [-0.15, -0.1) is 0 Å². The van der Waals surface area contributed by atoms with Crippen molar-refractivity contribution in [1.29, 1.82) is 0 Å². The molecule has 2 rings (SSSR count). The predicted molar refractivity (Wildman–Crippen MR) is 82.0 cm³/mol. The van der Waals surface area contributed by atoms with E-state index in [1.54, 1.807) is 6.07 Å². The van der Waals surface area contributed by atoms with Crippen LogP contribution in [0.2, 0.25) is 5.02 Å². The maximum absolute atomic E-state index is 13.4.